The van der Waals surface area contributed by atoms with E-state index in [4.69, 9.17) is 16.3 Å². The third-order valence-electron chi connectivity index (χ3n) is 5.56. The zero-order valence-corrected chi connectivity index (χ0v) is 18.0. The fraction of sp³-hybridized carbons (Fsp3) is 0.120. The molecule has 0 fully saturated rings. The largest absolute Gasteiger partial charge is 0.497 e. The number of hydrogen-bond acceptors (Lipinski definition) is 3. The molecule has 0 saturated carbocycles. The van der Waals surface area contributed by atoms with Gasteiger partial charge in [-0.3, -0.25) is 9.36 Å². The third kappa shape index (κ3) is 3.52. The van der Waals surface area contributed by atoms with Crippen LogP contribution in [-0.2, 0) is 13.1 Å². The van der Waals surface area contributed by atoms with Crippen LogP contribution < -0.4 is 10.3 Å². The van der Waals surface area contributed by atoms with Gasteiger partial charge in [-0.2, -0.15) is 0 Å². The molecule has 0 N–H and O–H groups in total. The molecule has 2 heterocycles. The van der Waals surface area contributed by atoms with Crippen molar-refractivity contribution in [3.05, 3.63) is 105 Å². The van der Waals surface area contributed by atoms with Gasteiger partial charge in [-0.25, -0.2) is 9.37 Å². The topological polar surface area (TPSA) is 49.0 Å². The molecular weight excluding hydrogens is 429 g/mol. The van der Waals surface area contributed by atoms with E-state index in [0.717, 1.165) is 27.8 Å². The fourth-order valence-corrected chi connectivity index (χ4v) is 4.24. The smallest absolute Gasteiger partial charge is 0.278 e. The summed E-state index contributed by atoms with van der Waals surface area (Å²) in [5.74, 6) is 0.327. The summed E-state index contributed by atoms with van der Waals surface area (Å²) in [6.45, 7) is 0.682. The van der Waals surface area contributed by atoms with Crippen molar-refractivity contribution in [1.82, 2.24) is 14.1 Å². The summed E-state index contributed by atoms with van der Waals surface area (Å²) in [7, 11) is 1.61. The molecule has 5 rings (SSSR count). The highest BCUT2D eigenvalue weighted by atomic mass is 35.5. The minimum Gasteiger partial charge on any atom is -0.497 e. The van der Waals surface area contributed by atoms with Crippen molar-refractivity contribution in [2.45, 2.75) is 13.1 Å². The van der Waals surface area contributed by atoms with Crippen LogP contribution in [0, 0.1) is 5.82 Å². The standard InChI is InChI=1S/C25H19ClFN3O2/c1-32-19-6-4-5-16(11-19)13-29-15-28-23-20-7-2-3-8-22(20)30(24(23)25(29)31)14-17-9-10-18(27)12-21(17)26/h2-12,15H,13-14H2,1H3. The number of para-hydroxylation sites is 1. The molecule has 0 radical (unpaired) electrons. The second kappa shape index (κ2) is 8.13. The van der Waals surface area contributed by atoms with Gasteiger partial charge in [-0.15, -0.1) is 0 Å². The lowest BCUT2D eigenvalue weighted by molar-refractivity contribution is 0.414. The molecule has 0 bridgehead atoms. The maximum Gasteiger partial charge on any atom is 0.278 e. The summed E-state index contributed by atoms with van der Waals surface area (Å²) >= 11 is 6.29. The minimum absolute atomic E-state index is 0.160. The summed E-state index contributed by atoms with van der Waals surface area (Å²) in [6, 6.07) is 19.6. The van der Waals surface area contributed by atoms with E-state index in [9.17, 15) is 9.18 Å². The Labute approximate surface area is 188 Å². The van der Waals surface area contributed by atoms with Gasteiger partial charge in [0, 0.05) is 17.0 Å². The number of hydrogen-bond donors (Lipinski definition) is 0. The average molecular weight is 448 g/mol. The Morgan fingerprint density at radius 3 is 2.69 bits per heavy atom. The van der Waals surface area contributed by atoms with Crippen molar-refractivity contribution < 1.29 is 9.13 Å². The molecular formula is C25H19ClFN3O2. The summed E-state index contributed by atoms with van der Waals surface area (Å²) in [5, 5.41) is 1.20. The normalized spacial score (nSPS) is 11.3. The predicted molar refractivity (Wildman–Crippen MR) is 124 cm³/mol. The highest BCUT2D eigenvalue weighted by Gasteiger charge is 2.17. The number of fused-ring (bicyclic) bond motifs is 3. The molecule has 3 aromatic carbocycles. The SMILES string of the molecule is COc1cccc(Cn2cnc3c4ccccc4n(Cc4ccc(F)cc4Cl)c3c2=O)c1. The molecule has 0 amide bonds. The van der Waals surface area contributed by atoms with Gasteiger partial charge in [0.1, 0.15) is 22.6 Å². The number of methoxy groups -OCH3 is 1. The van der Waals surface area contributed by atoms with Crippen molar-refractivity contribution in [3.8, 4) is 5.75 Å². The van der Waals surface area contributed by atoms with Gasteiger partial charge in [0.05, 0.1) is 25.5 Å². The first-order valence-corrected chi connectivity index (χ1v) is 10.5. The Hall–Kier alpha value is -3.64. The lowest BCUT2D eigenvalue weighted by Crippen LogP contribution is -2.23. The number of benzene rings is 3. The zero-order valence-electron chi connectivity index (χ0n) is 17.3. The summed E-state index contributed by atoms with van der Waals surface area (Å²) in [4.78, 5) is 18.2. The van der Waals surface area contributed by atoms with E-state index in [1.54, 1.807) is 24.1 Å². The van der Waals surface area contributed by atoms with E-state index in [1.165, 1.54) is 12.1 Å². The van der Waals surface area contributed by atoms with Gasteiger partial charge >= 0.3 is 0 Å². The molecule has 0 saturated heterocycles. The Kier molecular flexibility index (Phi) is 5.15. The molecule has 5 aromatic rings. The highest BCUT2D eigenvalue weighted by Crippen LogP contribution is 2.28. The van der Waals surface area contributed by atoms with Crippen LogP contribution in [0.2, 0.25) is 5.02 Å². The Morgan fingerprint density at radius 2 is 1.88 bits per heavy atom. The number of nitrogens with zero attached hydrogens (tertiary/aromatic N) is 3. The molecule has 7 heteroatoms. The highest BCUT2D eigenvalue weighted by molar-refractivity contribution is 6.31. The Balaban J connectivity index is 1.69. The van der Waals surface area contributed by atoms with Crippen molar-refractivity contribution in [2.24, 2.45) is 0 Å². The predicted octanol–water partition coefficient (Wildman–Crippen LogP) is 5.25. The van der Waals surface area contributed by atoms with E-state index in [-0.39, 0.29) is 5.56 Å². The van der Waals surface area contributed by atoms with Gasteiger partial charge in [-0.05, 0) is 41.5 Å². The lowest BCUT2D eigenvalue weighted by Gasteiger charge is -2.11. The first-order valence-electron chi connectivity index (χ1n) is 10.1. The fourth-order valence-electron chi connectivity index (χ4n) is 4.01. The monoisotopic (exact) mass is 447 g/mol. The van der Waals surface area contributed by atoms with Crippen LogP contribution in [0.1, 0.15) is 11.1 Å². The van der Waals surface area contributed by atoms with E-state index in [0.29, 0.717) is 29.1 Å². The van der Waals surface area contributed by atoms with Gasteiger partial charge in [0.2, 0.25) is 0 Å². The van der Waals surface area contributed by atoms with Crippen molar-refractivity contribution in [3.63, 3.8) is 0 Å². The average Bonchev–Trinajstić information content (AvgIpc) is 3.12. The Bertz CT molecular complexity index is 1520. The van der Waals surface area contributed by atoms with Gasteiger partial charge in [0.25, 0.3) is 5.56 Å². The van der Waals surface area contributed by atoms with E-state index in [1.807, 2.05) is 53.1 Å². The molecule has 0 aliphatic rings. The lowest BCUT2D eigenvalue weighted by atomic mass is 10.2. The van der Waals surface area contributed by atoms with E-state index in [2.05, 4.69) is 4.98 Å². The molecule has 32 heavy (non-hydrogen) atoms. The molecule has 160 valence electrons. The molecule has 0 atom stereocenters. The first kappa shape index (κ1) is 20.3. The van der Waals surface area contributed by atoms with Crippen LogP contribution in [0.4, 0.5) is 4.39 Å². The zero-order chi connectivity index (χ0) is 22.2. The van der Waals surface area contributed by atoms with Gasteiger partial charge in [0.15, 0.2) is 0 Å². The summed E-state index contributed by atoms with van der Waals surface area (Å²) in [6.07, 6.45) is 1.58. The van der Waals surface area contributed by atoms with Crippen molar-refractivity contribution in [2.75, 3.05) is 7.11 Å². The Morgan fingerprint density at radius 1 is 1.03 bits per heavy atom. The van der Waals surface area contributed by atoms with Crippen molar-refractivity contribution >= 4 is 33.5 Å². The number of ether oxygens (including phenoxy) is 1. The maximum absolute atomic E-state index is 13.6. The van der Waals surface area contributed by atoms with Crippen LogP contribution in [0.25, 0.3) is 21.9 Å². The van der Waals surface area contributed by atoms with Crippen LogP contribution in [0.3, 0.4) is 0 Å². The minimum atomic E-state index is -0.400. The van der Waals surface area contributed by atoms with E-state index >= 15 is 0 Å². The van der Waals surface area contributed by atoms with Gasteiger partial charge < -0.3 is 9.30 Å². The molecule has 0 aliphatic carbocycles. The second-order valence-electron chi connectivity index (χ2n) is 7.57. The number of rotatable bonds is 5. The molecule has 0 aliphatic heterocycles. The third-order valence-corrected chi connectivity index (χ3v) is 5.92. The van der Waals surface area contributed by atoms with E-state index < -0.39 is 5.82 Å². The molecule has 0 spiro atoms. The van der Waals surface area contributed by atoms with Crippen LogP contribution >= 0.6 is 11.6 Å². The van der Waals surface area contributed by atoms with Crippen LogP contribution in [-0.4, -0.2) is 21.2 Å². The molecule has 2 aromatic heterocycles. The van der Waals surface area contributed by atoms with Crippen LogP contribution in [0.5, 0.6) is 5.75 Å². The summed E-state index contributed by atoms with van der Waals surface area (Å²) in [5.41, 5.74) is 3.47. The maximum atomic E-state index is 13.6. The first-order chi connectivity index (χ1) is 15.5. The number of halogens is 2. The molecule has 5 nitrogen and oxygen atoms in total. The molecule has 0 unspecified atom stereocenters. The number of aromatic nitrogens is 3. The van der Waals surface area contributed by atoms with Gasteiger partial charge in [-0.1, -0.05) is 48.0 Å². The summed E-state index contributed by atoms with van der Waals surface area (Å²) < 4.78 is 22.3. The van der Waals surface area contributed by atoms with Crippen molar-refractivity contribution in [1.29, 1.82) is 0 Å². The quantitative estimate of drug-likeness (QED) is 0.370. The van der Waals surface area contributed by atoms with Crippen LogP contribution in [0.15, 0.2) is 77.9 Å². The second-order valence-corrected chi connectivity index (χ2v) is 7.97.